The number of carbonyl (C=O) groups is 1. The Hall–Kier alpha value is -0.870. The highest BCUT2D eigenvalue weighted by Gasteiger charge is 2.44. The van der Waals surface area contributed by atoms with E-state index in [9.17, 15) is 4.79 Å². The van der Waals surface area contributed by atoms with E-state index in [4.69, 9.17) is 0 Å². The van der Waals surface area contributed by atoms with Crippen LogP contribution in [0.2, 0.25) is 0 Å². The molecule has 3 nitrogen and oxygen atoms in total. The molecular weight excluding hydrogens is 316 g/mol. The molecule has 2 fully saturated rings. The molecule has 2 heterocycles. The number of hydrogen-bond donors (Lipinski definition) is 1. The van der Waals surface area contributed by atoms with Gasteiger partial charge in [-0.1, -0.05) is 34.1 Å². The molecule has 108 valence electrons. The second-order valence-electron chi connectivity index (χ2n) is 5.95. The van der Waals surface area contributed by atoms with Gasteiger partial charge in [0.1, 0.15) is 0 Å². The van der Waals surface area contributed by atoms with Crippen molar-refractivity contribution in [1.29, 1.82) is 0 Å². The second kappa shape index (κ2) is 5.86. The van der Waals surface area contributed by atoms with Gasteiger partial charge >= 0.3 is 0 Å². The molecule has 0 aliphatic carbocycles. The van der Waals surface area contributed by atoms with E-state index in [1.165, 1.54) is 5.56 Å². The number of hydrogen-bond acceptors (Lipinski definition) is 2. The average molecular weight is 337 g/mol. The van der Waals surface area contributed by atoms with Crippen molar-refractivity contribution in [2.45, 2.75) is 32.2 Å². The van der Waals surface area contributed by atoms with Gasteiger partial charge < -0.3 is 10.2 Å². The van der Waals surface area contributed by atoms with Crippen LogP contribution in [0.15, 0.2) is 28.7 Å². The summed E-state index contributed by atoms with van der Waals surface area (Å²) in [6, 6.07) is 8.19. The first-order valence-corrected chi connectivity index (χ1v) is 8.24. The lowest BCUT2D eigenvalue weighted by molar-refractivity contribution is -0.149. The lowest BCUT2D eigenvalue weighted by Crippen LogP contribution is -2.52. The van der Waals surface area contributed by atoms with Crippen molar-refractivity contribution >= 4 is 21.8 Å². The van der Waals surface area contributed by atoms with Crippen LogP contribution in [-0.2, 0) is 11.3 Å². The van der Waals surface area contributed by atoms with Crippen LogP contribution in [0.25, 0.3) is 0 Å². The molecule has 2 aliphatic heterocycles. The Kier molecular flexibility index (Phi) is 4.13. The summed E-state index contributed by atoms with van der Waals surface area (Å²) >= 11 is 3.58. The third-order valence-corrected chi connectivity index (χ3v) is 5.48. The van der Waals surface area contributed by atoms with Crippen LogP contribution in [-0.4, -0.2) is 30.4 Å². The average Bonchev–Trinajstić information content (AvgIpc) is 2.47. The summed E-state index contributed by atoms with van der Waals surface area (Å²) in [6.45, 7) is 3.59. The third-order valence-electron chi connectivity index (χ3n) is 4.70. The molecule has 0 aromatic heterocycles. The molecule has 2 aliphatic rings. The number of halogens is 1. The lowest BCUT2D eigenvalue weighted by Gasteiger charge is -2.44. The summed E-state index contributed by atoms with van der Waals surface area (Å²) in [7, 11) is 0. The van der Waals surface area contributed by atoms with Crippen molar-refractivity contribution in [1.82, 2.24) is 10.2 Å². The first kappa shape index (κ1) is 14.1. The summed E-state index contributed by atoms with van der Waals surface area (Å²) < 4.78 is 1.10. The fourth-order valence-electron chi connectivity index (χ4n) is 3.50. The van der Waals surface area contributed by atoms with E-state index in [2.05, 4.69) is 32.2 Å². The molecule has 0 unspecified atom stereocenters. The van der Waals surface area contributed by atoms with E-state index in [0.29, 0.717) is 5.91 Å². The number of likely N-dealkylation sites (tertiary alicyclic amines) is 1. The van der Waals surface area contributed by atoms with Crippen LogP contribution in [0.3, 0.4) is 0 Å². The van der Waals surface area contributed by atoms with Crippen LogP contribution in [0.1, 0.15) is 31.2 Å². The Morgan fingerprint density at radius 3 is 2.70 bits per heavy atom. The van der Waals surface area contributed by atoms with Gasteiger partial charge in [0, 0.05) is 17.6 Å². The predicted molar refractivity (Wildman–Crippen MR) is 83.3 cm³/mol. The molecule has 1 N–H and O–H groups in total. The number of rotatable bonds is 2. The maximum Gasteiger partial charge on any atom is 0.229 e. The monoisotopic (exact) mass is 336 g/mol. The smallest absolute Gasteiger partial charge is 0.229 e. The van der Waals surface area contributed by atoms with Crippen molar-refractivity contribution in [2.75, 3.05) is 19.6 Å². The van der Waals surface area contributed by atoms with E-state index < -0.39 is 0 Å². The normalized spacial score (nSPS) is 22.2. The zero-order valence-corrected chi connectivity index (χ0v) is 13.3. The Bertz CT molecular complexity index is 491. The van der Waals surface area contributed by atoms with Crippen molar-refractivity contribution in [3.05, 3.63) is 34.3 Å². The lowest BCUT2D eigenvalue weighted by atomic mass is 9.72. The van der Waals surface area contributed by atoms with Crippen molar-refractivity contribution < 1.29 is 4.79 Å². The first-order chi connectivity index (χ1) is 9.71. The van der Waals surface area contributed by atoms with Gasteiger partial charge in [0.15, 0.2) is 0 Å². The third kappa shape index (κ3) is 2.63. The van der Waals surface area contributed by atoms with Crippen molar-refractivity contribution in [2.24, 2.45) is 5.41 Å². The highest BCUT2D eigenvalue weighted by Crippen LogP contribution is 2.39. The highest BCUT2D eigenvalue weighted by atomic mass is 79.9. The number of nitrogens with zero attached hydrogens (tertiary/aromatic N) is 1. The Balaban J connectivity index is 1.77. The summed E-state index contributed by atoms with van der Waals surface area (Å²) in [5, 5.41) is 3.37. The van der Waals surface area contributed by atoms with E-state index in [1.54, 1.807) is 0 Å². The highest BCUT2D eigenvalue weighted by molar-refractivity contribution is 9.10. The molecule has 1 aromatic carbocycles. The molecule has 1 amide bonds. The summed E-state index contributed by atoms with van der Waals surface area (Å²) in [4.78, 5) is 15.0. The molecule has 3 rings (SSSR count). The molecule has 0 radical (unpaired) electrons. The molecule has 4 heteroatoms. The predicted octanol–water partition coefficient (Wildman–Crippen LogP) is 2.94. The number of amides is 1. The topological polar surface area (TPSA) is 32.3 Å². The van der Waals surface area contributed by atoms with Gasteiger partial charge in [-0.05, 0) is 50.4 Å². The van der Waals surface area contributed by atoms with Gasteiger partial charge in [0.05, 0.1) is 5.41 Å². The summed E-state index contributed by atoms with van der Waals surface area (Å²) in [5.74, 6) is 0.376. The largest absolute Gasteiger partial charge is 0.338 e. The Morgan fingerprint density at radius 2 is 1.95 bits per heavy atom. The maximum atomic E-state index is 12.9. The standard InChI is InChI=1S/C16H21BrN2O/c17-14-5-2-1-4-13(14)12-19-11-3-6-16(15(19)20)7-9-18-10-8-16/h1-2,4-5,18H,3,6-12H2. The van der Waals surface area contributed by atoms with Crippen molar-refractivity contribution in [3.8, 4) is 0 Å². The summed E-state index contributed by atoms with van der Waals surface area (Å²) in [5.41, 5.74) is 1.12. The van der Waals surface area contributed by atoms with Gasteiger partial charge in [0.2, 0.25) is 5.91 Å². The van der Waals surface area contributed by atoms with Crippen molar-refractivity contribution in [3.63, 3.8) is 0 Å². The molecule has 0 bridgehead atoms. The van der Waals surface area contributed by atoms with Crippen LogP contribution in [0.4, 0.5) is 0 Å². The number of piperidine rings is 2. The number of carbonyl (C=O) groups excluding carboxylic acids is 1. The van der Waals surface area contributed by atoms with E-state index in [-0.39, 0.29) is 5.41 Å². The number of benzene rings is 1. The Labute approximate surface area is 128 Å². The minimum Gasteiger partial charge on any atom is -0.338 e. The number of nitrogens with one attached hydrogen (secondary N) is 1. The van der Waals surface area contributed by atoms with Gasteiger partial charge in [0.25, 0.3) is 0 Å². The molecule has 0 atom stereocenters. The van der Waals surface area contributed by atoms with E-state index in [1.807, 2.05) is 18.2 Å². The minimum atomic E-state index is -0.0786. The van der Waals surface area contributed by atoms with E-state index >= 15 is 0 Å². The Morgan fingerprint density at radius 1 is 1.20 bits per heavy atom. The van der Waals surface area contributed by atoms with E-state index in [0.717, 1.165) is 56.3 Å². The van der Waals surface area contributed by atoms with Gasteiger partial charge in [-0.3, -0.25) is 4.79 Å². The zero-order chi connectivity index (χ0) is 14.0. The fraction of sp³-hybridized carbons (Fsp3) is 0.562. The van der Waals surface area contributed by atoms with Gasteiger partial charge in [-0.15, -0.1) is 0 Å². The first-order valence-electron chi connectivity index (χ1n) is 7.45. The van der Waals surface area contributed by atoms with Crippen LogP contribution in [0, 0.1) is 5.41 Å². The summed E-state index contributed by atoms with van der Waals surface area (Å²) in [6.07, 6.45) is 4.20. The van der Waals surface area contributed by atoms with Crippen LogP contribution in [0.5, 0.6) is 0 Å². The maximum absolute atomic E-state index is 12.9. The molecule has 1 aromatic rings. The molecule has 0 saturated carbocycles. The van der Waals surface area contributed by atoms with Gasteiger partial charge in [-0.2, -0.15) is 0 Å². The second-order valence-corrected chi connectivity index (χ2v) is 6.81. The van der Waals surface area contributed by atoms with Gasteiger partial charge in [-0.25, -0.2) is 0 Å². The minimum absolute atomic E-state index is 0.0786. The molecular formula is C16H21BrN2O. The zero-order valence-electron chi connectivity index (χ0n) is 11.7. The molecule has 2 saturated heterocycles. The quantitative estimate of drug-likeness (QED) is 0.900. The van der Waals surface area contributed by atoms with Crippen LogP contribution >= 0.6 is 15.9 Å². The molecule has 1 spiro atoms. The van der Waals surface area contributed by atoms with Crippen LogP contribution < -0.4 is 5.32 Å². The fourth-order valence-corrected chi connectivity index (χ4v) is 3.91. The molecule has 20 heavy (non-hydrogen) atoms. The SMILES string of the molecule is O=C1N(Cc2ccccc2Br)CCCC12CCNCC2.